The van der Waals surface area contributed by atoms with Crippen LogP contribution in [0.1, 0.15) is 22.8 Å². The molecule has 1 atom stereocenters. The molecule has 0 aliphatic carbocycles. The number of aromatic nitrogens is 3. The molecule has 0 amide bonds. The van der Waals surface area contributed by atoms with E-state index in [9.17, 15) is 18.0 Å². The Balaban J connectivity index is 1.73. The molecule has 4 rings (SSSR count). The van der Waals surface area contributed by atoms with Crippen molar-refractivity contribution in [3.63, 3.8) is 0 Å². The van der Waals surface area contributed by atoms with Gasteiger partial charge in [-0.05, 0) is 43.7 Å². The van der Waals surface area contributed by atoms with Gasteiger partial charge in [0.15, 0.2) is 5.82 Å². The van der Waals surface area contributed by atoms with Crippen LogP contribution in [0.15, 0.2) is 61.2 Å². The number of anilines is 3. The molecule has 0 fully saturated rings. The number of nitrogens with one attached hydrogen (secondary N) is 2. The Bertz CT molecular complexity index is 1230. The number of hydrogen-bond acceptors (Lipinski definition) is 8. The van der Waals surface area contributed by atoms with E-state index in [0.717, 1.165) is 17.3 Å². The summed E-state index contributed by atoms with van der Waals surface area (Å²) < 4.78 is 44.8. The SMILES string of the molecule is CCOC(=O)c1cncc(-c2cnc(Nc3cccc(C)c3)nc2N2C=CC(C(F)(F)F)N2)c1. The van der Waals surface area contributed by atoms with Gasteiger partial charge < -0.3 is 10.1 Å². The monoisotopic (exact) mass is 470 g/mol. The highest BCUT2D eigenvalue weighted by atomic mass is 19.4. The summed E-state index contributed by atoms with van der Waals surface area (Å²) in [6, 6.07) is 7.16. The van der Waals surface area contributed by atoms with Gasteiger partial charge in [0.25, 0.3) is 0 Å². The molecule has 2 N–H and O–H groups in total. The smallest absolute Gasteiger partial charge is 0.409 e. The van der Waals surface area contributed by atoms with Gasteiger partial charge in [0.2, 0.25) is 5.95 Å². The highest BCUT2D eigenvalue weighted by Crippen LogP contribution is 2.33. The third-order valence-corrected chi connectivity index (χ3v) is 4.89. The van der Waals surface area contributed by atoms with Crippen molar-refractivity contribution in [1.82, 2.24) is 20.4 Å². The molecular formula is C23H21F3N6O2. The van der Waals surface area contributed by atoms with Crippen LogP contribution in [0, 0.1) is 6.92 Å². The maximum Gasteiger partial charge on any atom is 0.409 e. The zero-order valence-corrected chi connectivity index (χ0v) is 18.3. The predicted molar refractivity (Wildman–Crippen MR) is 120 cm³/mol. The zero-order chi connectivity index (χ0) is 24.3. The van der Waals surface area contributed by atoms with Gasteiger partial charge >= 0.3 is 12.1 Å². The lowest BCUT2D eigenvalue weighted by Gasteiger charge is -2.23. The molecule has 0 spiro atoms. The molecule has 0 bridgehead atoms. The maximum atomic E-state index is 13.2. The standard InChI is InChI=1S/C23H21F3N6O2/c1-3-34-21(33)16-10-15(11-27-12-16)18-13-28-22(29-17-6-4-5-14(2)9-17)30-20(18)32-8-7-19(31-32)23(24,25)26/h4-13,19,31H,3H2,1-2H3,(H,28,29,30). The number of benzene rings is 1. The Morgan fingerprint density at radius 2 is 2.06 bits per heavy atom. The molecule has 0 saturated carbocycles. The highest BCUT2D eigenvalue weighted by Gasteiger charge is 2.41. The van der Waals surface area contributed by atoms with E-state index >= 15 is 0 Å². The van der Waals surface area contributed by atoms with Gasteiger partial charge in [-0.25, -0.2) is 15.2 Å². The lowest BCUT2D eigenvalue weighted by Crippen LogP contribution is -2.44. The fourth-order valence-electron chi connectivity index (χ4n) is 3.31. The third-order valence-electron chi connectivity index (χ3n) is 4.89. The van der Waals surface area contributed by atoms with Crippen LogP contribution in [0.2, 0.25) is 0 Å². The molecule has 11 heteroatoms. The van der Waals surface area contributed by atoms with E-state index in [-0.39, 0.29) is 23.9 Å². The van der Waals surface area contributed by atoms with Gasteiger partial charge in [-0.3, -0.25) is 9.99 Å². The van der Waals surface area contributed by atoms with E-state index in [2.05, 4.69) is 25.7 Å². The van der Waals surface area contributed by atoms with Crippen LogP contribution in [0.3, 0.4) is 0 Å². The van der Waals surface area contributed by atoms with Crippen molar-refractivity contribution in [3.8, 4) is 11.1 Å². The van der Waals surface area contributed by atoms with Gasteiger partial charge in [-0.1, -0.05) is 12.1 Å². The fourth-order valence-corrected chi connectivity index (χ4v) is 3.31. The minimum Gasteiger partial charge on any atom is -0.462 e. The van der Waals surface area contributed by atoms with E-state index in [0.29, 0.717) is 11.1 Å². The number of pyridine rings is 1. The minimum absolute atomic E-state index is 0.149. The van der Waals surface area contributed by atoms with Gasteiger partial charge in [-0.15, -0.1) is 0 Å². The van der Waals surface area contributed by atoms with E-state index in [1.165, 1.54) is 35.9 Å². The van der Waals surface area contributed by atoms with Crippen molar-refractivity contribution in [2.75, 3.05) is 16.9 Å². The van der Waals surface area contributed by atoms with E-state index < -0.39 is 18.2 Å². The predicted octanol–water partition coefficient (Wildman–Crippen LogP) is 4.54. The van der Waals surface area contributed by atoms with E-state index in [1.807, 2.05) is 31.2 Å². The van der Waals surface area contributed by atoms with Crippen molar-refractivity contribution in [2.24, 2.45) is 0 Å². The molecule has 8 nitrogen and oxygen atoms in total. The van der Waals surface area contributed by atoms with E-state index in [1.54, 1.807) is 6.92 Å². The molecule has 1 unspecified atom stereocenters. The summed E-state index contributed by atoms with van der Waals surface area (Å²) in [6.07, 6.45) is 2.05. The summed E-state index contributed by atoms with van der Waals surface area (Å²) >= 11 is 0. The number of hydrogen-bond donors (Lipinski definition) is 2. The highest BCUT2D eigenvalue weighted by molar-refractivity contribution is 5.91. The van der Waals surface area contributed by atoms with Gasteiger partial charge in [-0.2, -0.15) is 18.2 Å². The Hall–Kier alpha value is -3.99. The summed E-state index contributed by atoms with van der Waals surface area (Å²) in [5, 5.41) is 4.24. The summed E-state index contributed by atoms with van der Waals surface area (Å²) in [7, 11) is 0. The van der Waals surface area contributed by atoms with Crippen molar-refractivity contribution in [3.05, 3.63) is 72.3 Å². The molecule has 0 saturated heterocycles. The number of carbonyl (C=O) groups excluding carboxylic acids is 1. The van der Waals surface area contributed by atoms with Crippen LogP contribution in [0.4, 0.5) is 30.6 Å². The van der Waals surface area contributed by atoms with Crippen LogP contribution < -0.4 is 15.8 Å². The molecule has 3 heterocycles. The number of aryl methyl sites for hydroxylation is 1. The van der Waals surface area contributed by atoms with Crippen molar-refractivity contribution >= 4 is 23.4 Å². The first-order chi connectivity index (χ1) is 16.2. The third kappa shape index (κ3) is 5.15. The molecule has 176 valence electrons. The second-order valence-corrected chi connectivity index (χ2v) is 7.47. The van der Waals surface area contributed by atoms with E-state index in [4.69, 9.17) is 4.74 Å². The molecule has 0 radical (unpaired) electrons. The summed E-state index contributed by atoms with van der Waals surface area (Å²) in [5.74, 6) is -0.228. The van der Waals surface area contributed by atoms with Gasteiger partial charge in [0.05, 0.1) is 12.2 Å². The van der Waals surface area contributed by atoms with Crippen LogP contribution >= 0.6 is 0 Å². The Morgan fingerprint density at radius 1 is 1.24 bits per heavy atom. The average molecular weight is 470 g/mol. The average Bonchev–Trinajstić information content (AvgIpc) is 3.30. The number of ether oxygens (including phenoxy) is 1. The lowest BCUT2D eigenvalue weighted by molar-refractivity contribution is -0.142. The van der Waals surface area contributed by atoms with Crippen molar-refractivity contribution in [2.45, 2.75) is 26.1 Å². The molecule has 34 heavy (non-hydrogen) atoms. The second kappa shape index (κ2) is 9.48. The van der Waals surface area contributed by atoms with Crippen LogP contribution in [-0.2, 0) is 4.74 Å². The first-order valence-electron chi connectivity index (χ1n) is 10.4. The number of carbonyl (C=O) groups is 1. The minimum atomic E-state index is -4.48. The molecule has 1 aliphatic rings. The first-order valence-corrected chi connectivity index (χ1v) is 10.4. The summed E-state index contributed by atoms with van der Waals surface area (Å²) in [5.41, 5.74) is 5.13. The quantitative estimate of drug-likeness (QED) is 0.508. The molecule has 1 aliphatic heterocycles. The van der Waals surface area contributed by atoms with Crippen LogP contribution in [0.25, 0.3) is 11.1 Å². The number of nitrogens with zero attached hydrogens (tertiary/aromatic N) is 4. The lowest BCUT2D eigenvalue weighted by atomic mass is 10.1. The van der Waals surface area contributed by atoms with Gasteiger partial charge in [0.1, 0.15) is 6.04 Å². The van der Waals surface area contributed by atoms with Crippen LogP contribution in [0.5, 0.6) is 0 Å². The fraction of sp³-hybridized carbons (Fsp3) is 0.217. The summed E-state index contributed by atoms with van der Waals surface area (Å²) in [4.78, 5) is 25.0. The Kier molecular flexibility index (Phi) is 6.46. The Morgan fingerprint density at radius 3 is 2.76 bits per heavy atom. The molecule has 2 aromatic heterocycles. The van der Waals surface area contributed by atoms with Crippen molar-refractivity contribution < 1.29 is 22.7 Å². The maximum absolute atomic E-state index is 13.2. The van der Waals surface area contributed by atoms with Gasteiger partial charge in [0, 0.05) is 41.6 Å². The molecule has 1 aromatic carbocycles. The van der Waals surface area contributed by atoms with Crippen LogP contribution in [-0.4, -0.2) is 39.7 Å². The number of alkyl halides is 3. The molecule has 3 aromatic rings. The normalized spacial score (nSPS) is 15.4. The number of esters is 1. The number of rotatable bonds is 6. The zero-order valence-electron chi connectivity index (χ0n) is 18.3. The second-order valence-electron chi connectivity index (χ2n) is 7.47. The number of halogens is 3. The summed E-state index contributed by atoms with van der Waals surface area (Å²) in [6.45, 7) is 3.81. The van der Waals surface area contributed by atoms with Crippen molar-refractivity contribution in [1.29, 1.82) is 0 Å². The number of hydrazine groups is 1. The Labute approximate surface area is 193 Å². The largest absolute Gasteiger partial charge is 0.462 e. The first kappa shape index (κ1) is 23.2. The topological polar surface area (TPSA) is 92.3 Å². The molecular weight excluding hydrogens is 449 g/mol.